The monoisotopic (exact) mass is 346 g/mol. The second-order valence-corrected chi connectivity index (χ2v) is 5.52. The molecule has 128 valence electrons. The van der Waals surface area contributed by atoms with Gasteiger partial charge in [-0.3, -0.25) is 15.0 Å². The molecule has 4 aromatic rings. The number of rotatable bonds is 4. The smallest absolute Gasteiger partial charge is 0.291 e. The Kier molecular flexibility index (Phi) is 3.95. The number of anilines is 1. The van der Waals surface area contributed by atoms with Gasteiger partial charge >= 0.3 is 0 Å². The third-order valence-corrected chi connectivity index (χ3v) is 3.84. The normalized spacial score (nSPS) is 10.6. The van der Waals surface area contributed by atoms with Crippen LogP contribution in [-0.4, -0.2) is 21.5 Å². The third-order valence-electron chi connectivity index (χ3n) is 3.84. The Morgan fingerprint density at radius 2 is 1.73 bits per heavy atom. The Balaban J connectivity index is 1.59. The Morgan fingerprint density at radius 3 is 2.58 bits per heavy atom. The van der Waals surface area contributed by atoms with Crippen LogP contribution < -0.4 is 10.7 Å². The maximum atomic E-state index is 12.7. The van der Waals surface area contributed by atoms with E-state index in [9.17, 15) is 9.59 Å². The Labute approximate surface area is 148 Å². The number of nitrogens with one attached hydrogen (secondary N) is 2. The van der Waals surface area contributed by atoms with Crippen LogP contribution in [-0.2, 0) is 0 Å². The second-order valence-electron chi connectivity index (χ2n) is 5.52. The lowest BCUT2D eigenvalue weighted by atomic mass is 10.1. The van der Waals surface area contributed by atoms with Crippen LogP contribution in [0.1, 0.15) is 20.9 Å². The molecule has 0 atom stereocenters. The molecule has 2 heterocycles. The van der Waals surface area contributed by atoms with Gasteiger partial charge in [-0.25, -0.2) is 9.66 Å². The highest BCUT2D eigenvalue weighted by Crippen LogP contribution is 2.18. The van der Waals surface area contributed by atoms with Gasteiger partial charge in [0.15, 0.2) is 5.76 Å². The number of carbonyl (C=O) groups excluding carboxylic acids is 2. The summed E-state index contributed by atoms with van der Waals surface area (Å²) in [6, 6.07) is 17.4. The number of para-hydroxylation sites is 3. The molecule has 0 fully saturated rings. The molecule has 7 nitrogen and oxygen atoms in total. The van der Waals surface area contributed by atoms with Gasteiger partial charge in [-0.2, -0.15) is 0 Å². The Morgan fingerprint density at radius 1 is 0.923 bits per heavy atom. The molecule has 0 aliphatic carbocycles. The minimum Gasteiger partial charge on any atom is -0.459 e. The fourth-order valence-corrected chi connectivity index (χ4v) is 2.60. The second kappa shape index (κ2) is 6.56. The van der Waals surface area contributed by atoms with Crippen molar-refractivity contribution in [3.05, 3.63) is 84.6 Å². The summed E-state index contributed by atoms with van der Waals surface area (Å²) in [7, 11) is 0. The molecule has 0 bridgehead atoms. The standard InChI is InChI=1S/C19H14N4O3/c24-18(22-23-12-20-15-8-3-4-9-16(15)23)13-6-1-2-7-14(13)21-19(25)17-10-5-11-26-17/h1-12H,(H,21,25)(H,22,24). The largest absolute Gasteiger partial charge is 0.459 e. The lowest BCUT2D eigenvalue weighted by Gasteiger charge is -2.11. The van der Waals surface area contributed by atoms with E-state index >= 15 is 0 Å². The number of nitrogens with zero attached hydrogens (tertiary/aromatic N) is 2. The van der Waals surface area contributed by atoms with Crippen LogP contribution in [0.3, 0.4) is 0 Å². The number of hydrogen-bond donors (Lipinski definition) is 2. The first kappa shape index (κ1) is 15.6. The average molecular weight is 346 g/mol. The van der Waals surface area contributed by atoms with Crippen LogP contribution in [0.25, 0.3) is 11.0 Å². The zero-order chi connectivity index (χ0) is 17.9. The van der Waals surface area contributed by atoms with E-state index in [2.05, 4.69) is 15.7 Å². The van der Waals surface area contributed by atoms with Crippen molar-refractivity contribution in [2.24, 2.45) is 0 Å². The zero-order valence-corrected chi connectivity index (χ0v) is 13.5. The third kappa shape index (κ3) is 2.93. The van der Waals surface area contributed by atoms with Gasteiger partial charge in [0.05, 0.1) is 28.5 Å². The molecule has 7 heteroatoms. The number of fused-ring (bicyclic) bond motifs is 1. The molecule has 0 unspecified atom stereocenters. The van der Waals surface area contributed by atoms with Crippen LogP contribution in [0.4, 0.5) is 5.69 Å². The van der Waals surface area contributed by atoms with Gasteiger partial charge < -0.3 is 9.73 Å². The average Bonchev–Trinajstić information content (AvgIpc) is 3.33. The first-order valence-corrected chi connectivity index (χ1v) is 7.90. The highest BCUT2D eigenvalue weighted by atomic mass is 16.3. The van der Waals surface area contributed by atoms with Crippen molar-refractivity contribution in [2.45, 2.75) is 0 Å². The van der Waals surface area contributed by atoms with Crippen LogP contribution >= 0.6 is 0 Å². The van der Waals surface area contributed by atoms with Crippen molar-refractivity contribution in [1.82, 2.24) is 9.66 Å². The molecule has 0 spiro atoms. The molecule has 0 radical (unpaired) electrons. The van der Waals surface area contributed by atoms with Gasteiger partial charge in [0.25, 0.3) is 11.8 Å². The summed E-state index contributed by atoms with van der Waals surface area (Å²) in [5.74, 6) is -0.632. The molecular weight excluding hydrogens is 332 g/mol. The molecule has 26 heavy (non-hydrogen) atoms. The van der Waals surface area contributed by atoms with E-state index < -0.39 is 5.91 Å². The number of furan rings is 1. The maximum Gasteiger partial charge on any atom is 0.291 e. The van der Waals surface area contributed by atoms with Crippen molar-refractivity contribution in [1.29, 1.82) is 0 Å². The predicted octanol–water partition coefficient (Wildman–Crippen LogP) is 3.27. The van der Waals surface area contributed by atoms with E-state index in [1.54, 1.807) is 41.1 Å². The lowest BCUT2D eigenvalue weighted by Crippen LogP contribution is -2.24. The lowest BCUT2D eigenvalue weighted by molar-refractivity contribution is 0.0996. The SMILES string of the molecule is O=C(Nc1ccccc1C(=O)Nn1cnc2ccccc21)c1ccco1. The molecular formula is C19H14N4O3. The van der Waals surface area contributed by atoms with Gasteiger partial charge in [-0.1, -0.05) is 24.3 Å². The van der Waals surface area contributed by atoms with Crippen LogP contribution in [0.15, 0.2) is 77.7 Å². The quantitative estimate of drug-likeness (QED) is 0.593. The number of imidazole rings is 1. The maximum absolute atomic E-state index is 12.7. The molecule has 0 saturated carbocycles. The topological polar surface area (TPSA) is 89.2 Å². The molecule has 4 rings (SSSR count). The number of hydrogen-bond acceptors (Lipinski definition) is 4. The minimum absolute atomic E-state index is 0.167. The van der Waals surface area contributed by atoms with E-state index in [1.165, 1.54) is 12.6 Å². The molecule has 2 aromatic heterocycles. The molecule has 0 aliphatic heterocycles. The summed E-state index contributed by atoms with van der Waals surface area (Å²) in [4.78, 5) is 29.1. The van der Waals surface area contributed by atoms with Gasteiger partial charge in [-0.05, 0) is 36.4 Å². The van der Waals surface area contributed by atoms with E-state index in [-0.39, 0.29) is 11.7 Å². The fourth-order valence-electron chi connectivity index (χ4n) is 2.60. The summed E-state index contributed by atoms with van der Waals surface area (Å²) in [5, 5.41) is 2.69. The highest BCUT2D eigenvalue weighted by Gasteiger charge is 2.16. The van der Waals surface area contributed by atoms with Gasteiger partial charge in [0, 0.05) is 0 Å². The summed E-state index contributed by atoms with van der Waals surface area (Å²) in [6.07, 6.45) is 2.95. The Hall–Kier alpha value is -3.87. The summed E-state index contributed by atoms with van der Waals surface area (Å²) in [5.41, 5.74) is 5.03. The first-order chi connectivity index (χ1) is 12.7. The molecule has 2 aromatic carbocycles. The van der Waals surface area contributed by atoms with Crippen LogP contribution in [0.5, 0.6) is 0 Å². The van der Waals surface area contributed by atoms with Crippen molar-refractivity contribution in [2.75, 3.05) is 10.7 Å². The molecule has 2 amide bonds. The first-order valence-electron chi connectivity index (χ1n) is 7.90. The highest BCUT2D eigenvalue weighted by molar-refractivity contribution is 6.10. The number of aromatic nitrogens is 2. The van der Waals surface area contributed by atoms with Crippen molar-refractivity contribution in [3.8, 4) is 0 Å². The van der Waals surface area contributed by atoms with Crippen molar-refractivity contribution >= 4 is 28.5 Å². The van der Waals surface area contributed by atoms with Gasteiger partial charge in [0.2, 0.25) is 0 Å². The van der Waals surface area contributed by atoms with Gasteiger partial charge in [-0.15, -0.1) is 0 Å². The summed E-state index contributed by atoms with van der Waals surface area (Å²) in [6.45, 7) is 0. The van der Waals surface area contributed by atoms with E-state index in [1.807, 2.05) is 24.3 Å². The number of benzene rings is 2. The Bertz CT molecular complexity index is 1080. The van der Waals surface area contributed by atoms with Crippen LogP contribution in [0, 0.1) is 0 Å². The summed E-state index contributed by atoms with van der Waals surface area (Å²) < 4.78 is 6.62. The number of carbonyl (C=O) groups is 2. The van der Waals surface area contributed by atoms with E-state index in [0.717, 1.165) is 11.0 Å². The van der Waals surface area contributed by atoms with Crippen molar-refractivity contribution in [3.63, 3.8) is 0 Å². The van der Waals surface area contributed by atoms with E-state index in [4.69, 9.17) is 4.42 Å². The molecule has 0 aliphatic rings. The van der Waals surface area contributed by atoms with Crippen LogP contribution in [0.2, 0.25) is 0 Å². The molecule has 0 saturated heterocycles. The van der Waals surface area contributed by atoms with Crippen molar-refractivity contribution < 1.29 is 14.0 Å². The molecule has 2 N–H and O–H groups in total. The predicted molar refractivity (Wildman–Crippen MR) is 96.5 cm³/mol. The summed E-state index contributed by atoms with van der Waals surface area (Å²) >= 11 is 0. The van der Waals surface area contributed by atoms with E-state index in [0.29, 0.717) is 11.3 Å². The minimum atomic E-state index is -0.427. The zero-order valence-electron chi connectivity index (χ0n) is 13.5. The fraction of sp³-hybridized carbons (Fsp3) is 0. The van der Waals surface area contributed by atoms with Gasteiger partial charge in [0.1, 0.15) is 6.33 Å². The number of amides is 2.